The number of hydrogen-bond acceptors (Lipinski definition) is 2. The standard InChI is InChI=1S/C16H34O2S/c1-6-7-10-16(4,5)14-19(18)12-9-8-11-15(2,3)13-17/h17H,6-14H2,1-5H3. The Hall–Kier alpha value is 0.110. The van der Waals surface area contributed by atoms with Crippen LogP contribution in [0.15, 0.2) is 0 Å². The van der Waals surface area contributed by atoms with E-state index in [0.29, 0.717) is 0 Å². The number of rotatable bonds is 11. The number of unbranched alkanes of at least 4 members (excludes halogenated alkanes) is 2. The van der Waals surface area contributed by atoms with Crippen molar-refractivity contribution in [3.8, 4) is 0 Å². The maximum absolute atomic E-state index is 12.1. The zero-order valence-corrected chi connectivity index (χ0v) is 14.4. The van der Waals surface area contributed by atoms with Gasteiger partial charge in [0.2, 0.25) is 0 Å². The van der Waals surface area contributed by atoms with Gasteiger partial charge in [0, 0.05) is 28.9 Å². The van der Waals surface area contributed by atoms with E-state index in [1.54, 1.807) is 0 Å². The Morgan fingerprint density at radius 3 is 2.05 bits per heavy atom. The van der Waals surface area contributed by atoms with Crippen LogP contribution < -0.4 is 0 Å². The van der Waals surface area contributed by atoms with Crippen molar-refractivity contribution >= 4 is 10.8 Å². The summed E-state index contributed by atoms with van der Waals surface area (Å²) in [6.07, 6.45) is 6.71. The van der Waals surface area contributed by atoms with Gasteiger partial charge >= 0.3 is 0 Å². The molecule has 0 aromatic rings. The van der Waals surface area contributed by atoms with Crippen molar-refractivity contribution < 1.29 is 9.32 Å². The SMILES string of the molecule is CCCCC(C)(C)CS(=O)CCCCC(C)(C)CO. The minimum Gasteiger partial charge on any atom is -0.396 e. The normalized spacial score (nSPS) is 14.6. The monoisotopic (exact) mass is 290 g/mol. The minimum atomic E-state index is -0.686. The topological polar surface area (TPSA) is 37.3 Å². The Kier molecular flexibility index (Phi) is 9.17. The van der Waals surface area contributed by atoms with Gasteiger partial charge in [-0.15, -0.1) is 0 Å². The van der Waals surface area contributed by atoms with Crippen molar-refractivity contribution in [3.05, 3.63) is 0 Å². The molecule has 0 rings (SSSR count). The second-order valence-corrected chi connectivity index (χ2v) is 8.91. The molecule has 0 saturated heterocycles. The molecular weight excluding hydrogens is 256 g/mol. The first-order chi connectivity index (χ1) is 8.72. The lowest BCUT2D eigenvalue weighted by atomic mass is 9.88. The maximum atomic E-state index is 12.1. The quantitative estimate of drug-likeness (QED) is 0.581. The number of aliphatic hydroxyl groups is 1. The Morgan fingerprint density at radius 2 is 1.53 bits per heavy atom. The van der Waals surface area contributed by atoms with Crippen LogP contribution in [0, 0.1) is 10.8 Å². The first kappa shape index (κ1) is 19.1. The molecular formula is C16H34O2S. The summed E-state index contributed by atoms with van der Waals surface area (Å²) in [5.41, 5.74) is 0.229. The first-order valence-electron chi connectivity index (χ1n) is 7.68. The third-order valence-electron chi connectivity index (χ3n) is 3.66. The van der Waals surface area contributed by atoms with Gasteiger partial charge in [-0.1, -0.05) is 53.9 Å². The van der Waals surface area contributed by atoms with E-state index in [1.165, 1.54) is 19.3 Å². The summed E-state index contributed by atoms with van der Waals surface area (Å²) in [7, 11) is -0.686. The molecule has 0 aromatic heterocycles. The molecule has 1 atom stereocenters. The lowest BCUT2D eigenvalue weighted by Crippen LogP contribution is -2.22. The van der Waals surface area contributed by atoms with E-state index in [-0.39, 0.29) is 17.4 Å². The molecule has 0 saturated carbocycles. The van der Waals surface area contributed by atoms with Gasteiger partial charge in [-0.05, 0) is 30.1 Å². The maximum Gasteiger partial charge on any atom is 0.0482 e. The Bertz CT molecular complexity index is 259. The van der Waals surface area contributed by atoms with Crippen molar-refractivity contribution in [2.24, 2.45) is 10.8 Å². The van der Waals surface area contributed by atoms with Crippen LogP contribution in [0.1, 0.15) is 73.1 Å². The smallest absolute Gasteiger partial charge is 0.0482 e. The Labute approximate surface area is 122 Å². The zero-order chi connectivity index (χ0) is 14.9. The number of hydrogen-bond donors (Lipinski definition) is 1. The number of aliphatic hydroxyl groups excluding tert-OH is 1. The Morgan fingerprint density at radius 1 is 0.947 bits per heavy atom. The van der Waals surface area contributed by atoms with E-state index >= 15 is 0 Å². The molecule has 0 aliphatic heterocycles. The summed E-state index contributed by atoms with van der Waals surface area (Å²) in [6.45, 7) is 11.1. The Balaban J connectivity index is 3.81. The highest BCUT2D eigenvalue weighted by Gasteiger charge is 2.20. The van der Waals surface area contributed by atoms with E-state index in [4.69, 9.17) is 0 Å². The van der Waals surface area contributed by atoms with Gasteiger partial charge in [0.15, 0.2) is 0 Å². The highest BCUT2D eigenvalue weighted by atomic mass is 32.2. The van der Waals surface area contributed by atoms with Crippen LogP contribution in [0.5, 0.6) is 0 Å². The second kappa shape index (κ2) is 9.12. The van der Waals surface area contributed by atoms with Gasteiger partial charge in [0.1, 0.15) is 0 Å². The van der Waals surface area contributed by atoms with Gasteiger partial charge in [-0.25, -0.2) is 0 Å². The van der Waals surface area contributed by atoms with Crippen molar-refractivity contribution in [3.63, 3.8) is 0 Å². The third kappa shape index (κ3) is 10.5. The largest absolute Gasteiger partial charge is 0.396 e. The van der Waals surface area contributed by atoms with E-state index in [1.807, 2.05) is 0 Å². The molecule has 116 valence electrons. The molecule has 1 unspecified atom stereocenters. The predicted octanol–water partition coefficient (Wildman–Crippen LogP) is 4.14. The van der Waals surface area contributed by atoms with Crippen LogP contribution in [0.2, 0.25) is 0 Å². The zero-order valence-electron chi connectivity index (χ0n) is 13.6. The molecule has 3 heteroatoms. The fourth-order valence-electron chi connectivity index (χ4n) is 2.18. The molecule has 19 heavy (non-hydrogen) atoms. The van der Waals surface area contributed by atoms with Gasteiger partial charge in [-0.2, -0.15) is 0 Å². The molecule has 0 aliphatic rings. The second-order valence-electron chi connectivity index (χ2n) is 7.34. The fraction of sp³-hybridized carbons (Fsp3) is 1.00. The van der Waals surface area contributed by atoms with E-state index in [2.05, 4.69) is 34.6 Å². The van der Waals surface area contributed by atoms with Gasteiger partial charge in [0.05, 0.1) is 0 Å². The average Bonchev–Trinajstić information content (AvgIpc) is 2.32. The molecule has 0 fully saturated rings. The summed E-state index contributed by atoms with van der Waals surface area (Å²) in [5, 5.41) is 9.18. The van der Waals surface area contributed by atoms with Crippen LogP contribution in [0.3, 0.4) is 0 Å². The third-order valence-corrected chi connectivity index (χ3v) is 5.51. The minimum absolute atomic E-state index is 0.0158. The summed E-state index contributed by atoms with van der Waals surface area (Å²) in [6, 6.07) is 0. The molecule has 0 radical (unpaired) electrons. The molecule has 1 N–H and O–H groups in total. The summed E-state index contributed by atoms with van der Waals surface area (Å²) >= 11 is 0. The van der Waals surface area contributed by atoms with Crippen LogP contribution in [-0.4, -0.2) is 27.4 Å². The molecule has 0 aromatic carbocycles. The molecule has 2 nitrogen and oxygen atoms in total. The highest BCUT2D eigenvalue weighted by Crippen LogP contribution is 2.25. The van der Waals surface area contributed by atoms with E-state index in [0.717, 1.165) is 30.8 Å². The van der Waals surface area contributed by atoms with Crippen LogP contribution in [-0.2, 0) is 10.8 Å². The highest BCUT2D eigenvalue weighted by molar-refractivity contribution is 7.85. The van der Waals surface area contributed by atoms with Crippen LogP contribution in [0.4, 0.5) is 0 Å². The molecule has 0 heterocycles. The average molecular weight is 291 g/mol. The molecule has 0 bridgehead atoms. The lowest BCUT2D eigenvalue weighted by molar-refractivity contribution is 0.148. The van der Waals surface area contributed by atoms with Crippen LogP contribution in [0.25, 0.3) is 0 Å². The van der Waals surface area contributed by atoms with Gasteiger partial charge < -0.3 is 5.11 Å². The summed E-state index contributed by atoms with van der Waals surface area (Å²) in [4.78, 5) is 0. The van der Waals surface area contributed by atoms with Gasteiger partial charge in [-0.3, -0.25) is 4.21 Å². The van der Waals surface area contributed by atoms with E-state index in [9.17, 15) is 9.32 Å². The molecule has 0 aliphatic carbocycles. The first-order valence-corrected chi connectivity index (χ1v) is 9.17. The van der Waals surface area contributed by atoms with Crippen molar-refractivity contribution in [1.82, 2.24) is 0 Å². The van der Waals surface area contributed by atoms with Crippen molar-refractivity contribution in [2.45, 2.75) is 73.1 Å². The van der Waals surface area contributed by atoms with Crippen molar-refractivity contribution in [2.75, 3.05) is 18.1 Å². The lowest BCUT2D eigenvalue weighted by Gasteiger charge is -2.24. The van der Waals surface area contributed by atoms with Gasteiger partial charge in [0.25, 0.3) is 0 Å². The van der Waals surface area contributed by atoms with E-state index < -0.39 is 10.8 Å². The summed E-state index contributed by atoms with van der Waals surface area (Å²) in [5.74, 6) is 1.65. The van der Waals surface area contributed by atoms with Crippen LogP contribution >= 0.6 is 0 Å². The molecule has 0 spiro atoms. The van der Waals surface area contributed by atoms with Crippen molar-refractivity contribution in [1.29, 1.82) is 0 Å². The summed E-state index contributed by atoms with van der Waals surface area (Å²) < 4.78 is 12.1. The molecule has 0 amide bonds. The fourth-order valence-corrected chi connectivity index (χ4v) is 3.87. The predicted molar refractivity (Wildman–Crippen MR) is 85.9 cm³/mol.